The maximum Gasteiger partial charge on any atom is 0.404 e. The third-order valence-electron chi connectivity index (χ3n) is 2.69. The van der Waals surface area contributed by atoms with E-state index in [9.17, 15) is 14.0 Å². The molecule has 2 rings (SSSR count). The molecule has 0 saturated heterocycles. The fourth-order valence-corrected chi connectivity index (χ4v) is 1.80. The third kappa shape index (κ3) is 2.87. The van der Waals surface area contributed by atoms with E-state index in [-0.39, 0.29) is 11.9 Å². The zero-order valence-corrected chi connectivity index (χ0v) is 9.97. The molecule has 1 amide bonds. The first-order valence-corrected chi connectivity index (χ1v) is 5.69. The van der Waals surface area contributed by atoms with Crippen LogP contribution in [0.5, 0.6) is 0 Å². The maximum atomic E-state index is 13.6. The van der Waals surface area contributed by atoms with Crippen LogP contribution in [0.2, 0.25) is 0 Å². The van der Waals surface area contributed by atoms with Gasteiger partial charge in [-0.3, -0.25) is 9.78 Å². The second kappa shape index (κ2) is 5.47. The number of aromatic nitrogens is 2. The van der Waals surface area contributed by atoms with Gasteiger partial charge in [0.1, 0.15) is 0 Å². The van der Waals surface area contributed by atoms with Crippen molar-refractivity contribution in [3.63, 3.8) is 0 Å². The largest absolute Gasteiger partial charge is 0.465 e. The number of nitrogens with one attached hydrogen (secondary N) is 1. The Morgan fingerprint density at radius 3 is 3.00 bits per heavy atom. The van der Waals surface area contributed by atoms with Crippen LogP contribution in [-0.2, 0) is 6.54 Å². The average Bonchev–Trinajstić information content (AvgIpc) is 2.36. The van der Waals surface area contributed by atoms with Crippen LogP contribution < -0.4 is 10.9 Å². The highest BCUT2D eigenvalue weighted by Gasteiger charge is 2.07. The van der Waals surface area contributed by atoms with Crippen molar-refractivity contribution >= 4 is 16.9 Å². The van der Waals surface area contributed by atoms with Gasteiger partial charge in [0.2, 0.25) is 0 Å². The van der Waals surface area contributed by atoms with Crippen LogP contribution in [0.25, 0.3) is 10.8 Å². The van der Waals surface area contributed by atoms with Crippen LogP contribution in [0.4, 0.5) is 9.18 Å². The fourth-order valence-electron chi connectivity index (χ4n) is 1.80. The van der Waals surface area contributed by atoms with Crippen molar-refractivity contribution in [1.82, 2.24) is 14.9 Å². The van der Waals surface area contributed by atoms with Gasteiger partial charge in [-0.2, -0.15) is 0 Å². The predicted octanol–water partition coefficient (Wildman–Crippen LogP) is 1.19. The van der Waals surface area contributed by atoms with Crippen molar-refractivity contribution in [2.75, 3.05) is 6.54 Å². The lowest BCUT2D eigenvalue weighted by Crippen LogP contribution is -2.25. The van der Waals surface area contributed by atoms with Crippen LogP contribution in [-0.4, -0.2) is 27.3 Å². The summed E-state index contributed by atoms with van der Waals surface area (Å²) >= 11 is 0. The van der Waals surface area contributed by atoms with Gasteiger partial charge in [-0.05, 0) is 12.5 Å². The summed E-state index contributed by atoms with van der Waals surface area (Å²) in [5.74, 6) is -0.652. The van der Waals surface area contributed by atoms with Crippen LogP contribution in [0.15, 0.2) is 29.5 Å². The van der Waals surface area contributed by atoms with Gasteiger partial charge in [-0.15, -0.1) is 0 Å². The highest BCUT2D eigenvalue weighted by molar-refractivity contribution is 5.80. The Balaban J connectivity index is 2.21. The zero-order valence-electron chi connectivity index (χ0n) is 9.97. The highest BCUT2D eigenvalue weighted by atomic mass is 19.1. The van der Waals surface area contributed by atoms with Crippen molar-refractivity contribution in [1.29, 1.82) is 0 Å². The van der Waals surface area contributed by atoms with Crippen LogP contribution in [0.3, 0.4) is 0 Å². The number of hydrogen-bond donors (Lipinski definition) is 2. The van der Waals surface area contributed by atoms with Gasteiger partial charge in [-0.25, -0.2) is 9.18 Å². The Labute approximate surface area is 107 Å². The third-order valence-corrected chi connectivity index (χ3v) is 2.69. The van der Waals surface area contributed by atoms with Crippen LogP contribution in [0, 0.1) is 5.82 Å². The summed E-state index contributed by atoms with van der Waals surface area (Å²) in [6, 6.07) is 1.61. The first kappa shape index (κ1) is 13.0. The van der Waals surface area contributed by atoms with Crippen molar-refractivity contribution in [3.8, 4) is 0 Å². The Morgan fingerprint density at radius 2 is 2.26 bits per heavy atom. The van der Waals surface area contributed by atoms with Crippen molar-refractivity contribution in [3.05, 3.63) is 40.8 Å². The van der Waals surface area contributed by atoms with E-state index in [1.54, 1.807) is 12.3 Å². The van der Waals surface area contributed by atoms with Gasteiger partial charge < -0.3 is 15.0 Å². The van der Waals surface area contributed by atoms with E-state index in [0.29, 0.717) is 18.4 Å². The summed E-state index contributed by atoms with van der Waals surface area (Å²) in [5, 5.41) is 11.1. The average molecular weight is 265 g/mol. The van der Waals surface area contributed by atoms with E-state index in [1.165, 1.54) is 10.8 Å². The summed E-state index contributed by atoms with van der Waals surface area (Å²) in [5.41, 5.74) is -0.437. The first-order valence-electron chi connectivity index (χ1n) is 5.69. The molecule has 0 aliphatic rings. The molecule has 0 unspecified atom stereocenters. The number of carbonyl (C=O) groups is 1. The lowest BCUT2D eigenvalue weighted by atomic mass is 10.2. The molecule has 0 spiro atoms. The number of amides is 1. The Kier molecular flexibility index (Phi) is 3.74. The molecule has 0 saturated carbocycles. The number of fused-ring (bicyclic) bond motifs is 1. The molecule has 0 atom stereocenters. The molecule has 6 nitrogen and oxygen atoms in total. The molecule has 2 aromatic rings. The molecule has 2 N–H and O–H groups in total. The number of carboxylic acid groups (broad SMARTS) is 1. The SMILES string of the molecule is O=C(O)NCCCn1ccc2cncc(F)c2c1=O. The van der Waals surface area contributed by atoms with Crippen molar-refractivity contribution in [2.24, 2.45) is 0 Å². The Hall–Kier alpha value is -2.44. The summed E-state index contributed by atoms with van der Waals surface area (Å²) in [6.07, 6.45) is 3.32. The molecule has 0 bridgehead atoms. The number of aryl methyl sites for hydroxylation is 1. The fraction of sp³-hybridized carbons (Fsp3) is 0.250. The number of rotatable bonds is 4. The summed E-state index contributed by atoms with van der Waals surface area (Å²) < 4.78 is 14.9. The first-order chi connectivity index (χ1) is 9.09. The van der Waals surface area contributed by atoms with E-state index in [2.05, 4.69) is 10.3 Å². The standard InChI is InChI=1S/C12H12FN3O3/c13-9-7-14-6-8-2-5-16(11(17)10(8)9)4-1-3-15-12(18)19/h2,5-7,15H,1,3-4H2,(H,18,19). The molecule has 0 aliphatic heterocycles. The molecule has 100 valence electrons. The summed E-state index contributed by atoms with van der Waals surface area (Å²) in [4.78, 5) is 26.0. The minimum absolute atomic E-state index is 0.00342. The van der Waals surface area contributed by atoms with Gasteiger partial charge >= 0.3 is 6.09 Å². The quantitative estimate of drug-likeness (QED) is 0.813. The molecule has 7 heteroatoms. The van der Waals surface area contributed by atoms with E-state index in [4.69, 9.17) is 5.11 Å². The van der Waals surface area contributed by atoms with Gasteiger partial charge in [-0.1, -0.05) is 0 Å². The van der Waals surface area contributed by atoms with Crippen LogP contribution in [0.1, 0.15) is 6.42 Å². The number of hydrogen-bond acceptors (Lipinski definition) is 3. The van der Waals surface area contributed by atoms with Gasteiger partial charge in [0.05, 0.1) is 11.6 Å². The molecule has 0 aromatic carbocycles. The summed E-state index contributed by atoms with van der Waals surface area (Å²) in [6.45, 7) is 0.551. The van der Waals surface area contributed by atoms with Gasteiger partial charge in [0, 0.05) is 30.9 Å². The summed E-state index contributed by atoms with van der Waals surface area (Å²) in [7, 11) is 0. The molecular formula is C12H12FN3O3. The molecular weight excluding hydrogens is 253 g/mol. The van der Waals surface area contributed by atoms with E-state index in [1.807, 2.05) is 0 Å². The number of halogens is 1. The second-order valence-electron chi connectivity index (χ2n) is 3.99. The van der Waals surface area contributed by atoms with Crippen molar-refractivity contribution < 1.29 is 14.3 Å². The van der Waals surface area contributed by atoms with E-state index < -0.39 is 17.5 Å². The zero-order chi connectivity index (χ0) is 13.8. The topological polar surface area (TPSA) is 84.2 Å². The number of pyridine rings is 2. The maximum absolute atomic E-state index is 13.6. The second-order valence-corrected chi connectivity index (χ2v) is 3.99. The number of nitrogens with zero attached hydrogens (tertiary/aromatic N) is 2. The Bertz CT molecular complexity index is 669. The molecule has 0 fully saturated rings. The lowest BCUT2D eigenvalue weighted by Gasteiger charge is -2.07. The molecule has 2 aromatic heterocycles. The van der Waals surface area contributed by atoms with Gasteiger partial charge in [0.15, 0.2) is 5.82 Å². The van der Waals surface area contributed by atoms with E-state index in [0.717, 1.165) is 6.20 Å². The monoisotopic (exact) mass is 265 g/mol. The minimum atomic E-state index is -1.11. The molecule has 19 heavy (non-hydrogen) atoms. The lowest BCUT2D eigenvalue weighted by molar-refractivity contribution is 0.194. The van der Waals surface area contributed by atoms with Gasteiger partial charge in [0.25, 0.3) is 5.56 Å². The highest BCUT2D eigenvalue weighted by Crippen LogP contribution is 2.11. The predicted molar refractivity (Wildman–Crippen MR) is 66.6 cm³/mol. The molecule has 0 aliphatic carbocycles. The van der Waals surface area contributed by atoms with E-state index >= 15 is 0 Å². The molecule has 0 radical (unpaired) electrons. The smallest absolute Gasteiger partial charge is 0.404 e. The van der Waals surface area contributed by atoms with Crippen LogP contribution >= 0.6 is 0 Å². The minimum Gasteiger partial charge on any atom is -0.465 e. The Morgan fingerprint density at radius 1 is 1.47 bits per heavy atom. The molecule has 2 heterocycles. The normalized spacial score (nSPS) is 10.6. The van der Waals surface area contributed by atoms with Crippen molar-refractivity contribution in [2.45, 2.75) is 13.0 Å².